The maximum Gasteiger partial charge on any atom is 0.344 e. The largest absolute Gasteiger partial charge is 0.482 e. The molecule has 5 heteroatoms. The number of nitrogens with one attached hydrogen (secondary N) is 1. The molecular formula is C23H29NO4. The first-order valence-corrected chi connectivity index (χ1v) is 9.55. The van der Waals surface area contributed by atoms with Crippen molar-refractivity contribution in [2.24, 2.45) is 0 Å². The number of esters is 1. The van der Waals surface area contributed by atoms with Gasteiger partial charge in [-0.3, -0.25) is 4.79 Å². The quantitative estimate of drug-likeness (QED) is 0.665. The predicted molar refractivity (Wildman–Crippen MR) is 111 cm³/mol. The van der Waals surface area contributed by atoms with Gasteiger partial charge in [-0.2, -0.15) is 0 Å². The molecule has 0 saturated carbocycles. The molecule has 0 spiro atoms. The van der Waals surface area contributed by atoms with Crippen molar-refractivity contribution in [3.63, 3.8) is 0 Å². The van der Waals surface area contributed by atoms with Crippen molar-refractivity contribution in [2.75, 3.05) is 18.5 Å². The highest BCUT2D eigenvalue weighted by Crippen LogP contribution is 2.27. The van der Waals surface area contributed by atoms with Crippen molar-refractivity contribution >= 4 is 17.6 Å². The number of benzene rings is 2. The number of amides is 1. The van der Waals surface area contributed by atoms with Crippen LogP contribution in [0.5, 0.6) is 5.75 Å². The summed E-state index contributed by atoms with van der Waals surface area (Å²) in [7, 11) is 0. The summed E-state index contributed by atoms with van der Waals surface area (Å²) >= 11 is 0. The van der Waals surface area contributed by atoms with Gasteiger partial charge in [-0.15, -0.1) is 0 Å². The third kappa shape index (κ3) is 6.41. The first kappa shape index (κ1) is 21.5. The Hall–Kier alpha value is -2.82. The molecule has 0 aliphatic carbocycles. The molecule has 0 aliphatic rings. The van der Waals surface area contributed by atoms with Crippen molar-refractivity contribution in [1.82, 2.24) is 0 Å². The number of anilines is 1. The molecule has 0 heterocycles. The molecule has 0 aliphatic heterocycles. The van der Waals surface area contributed by atoms with Crippen molar-refractivity contribution < 1.29 is 19.1 Å². The van der Waals surface area contributed by atoms with E-state index in [-0.39, 0.29) is 25.0 Å². The predicted octanol–water partition coefficient (Wildman–Crippen LogP) is 4.80. The van der Waals surface area contributed by atoms with E-state index in [0.29, 0.717) is 17.4 Å². The topological polar surface area (TPSA) is 64.6 Å². The second-order valence-corrected chi connectivity index (χ2v) is 7.47. The van der Waals surface area contributed by atoms with Crippen LogP contribution < -0.4 is 10.1 Å². The van der Waals surface area contributed by atoms with Crippen LogP contribution in [0.15, 0.2) is 42.5 Å². The molecule has 5 nitrogen and oxygen atoms in total. The second-order valence-electron chi connectivity index (χ2n) is 7.47. The molecule has 28 heavy (non-hydrogen) atoms. The highest BCUT2D eigenvalue weighted by Gasteiger charge is 2.12. The number of aryl methyl sites for hydroxylation is 1. The standard InChI is InChI=1S/C23H29NO4/c1-15(2)18-7-9-19(10-8-18)24-22(25)13-28-23(26)14-27-21-12-17(5)6-11-20(21)16(3)4/h6-12,15-16H,13-14H2,1-5H3,(H,24,25). The van der Waals surface area contributed by atoms with Crippen molar-refractivity contribution in [2.45, 2.75) is 46.5 Å². The zero-order chi connectivity index (χ0) is 20.7. The van der Waals surface area contributed by atoms with Gasteiger partial charge in [-0.25, -0.2) is 4.79 Å². The molecule has 2 aromatic rings. The Bertz CT molecular complexity index is 810. The molecule has 0 fully saturated rings. The lowest BCUT2D eigenvalue weighted by Gasteiger charge is -2.14. The fourth-order valence-electron chi connectivity index (χ4n) is 2.72. The Morgan fingerprint density at radius 1 is 0.929 bits per heavy atom. The first-order valence-electron chi connectivity index (χ1n) is 9.55. The number of hydrogen-bond acceptors (Lipinski definition) is 4. The monoisotopic (exact) mass is 383 g/mol. The maximum atomic E-state index is 12.0. The minimum atomic E-state index is -0.582. The normalized spacial score (nSPS) is 10.8. The van der Waals surface area contributed by atoms with Crippen LogP contribution in [-0.4, -0.2) is 25.1 Å². The number of carbonyl (C=O) groups is 2. The third-order valence-corrected chi connectivity index (χ3v) is 4.36. The van der Waals surface area contributed by atoms with Crippen molar-refractivity contribution in [3.05, 3.63) is 59.2 Å². The number of hydrogen-bond donors (Lipinski definition) is 1. The van der Waals surface area contributed by atoms with Gasteiger partial charge in [0.05, 0.1) is 0 Å². The lowest BCUT2D eigenvalue weighted by molar-refractivity contribution is -0.149. The number of ether oxygens (including phenoxy) is 2. The average molecular weight is 383 g/mol. The van der Waals surface area contributed by atoms with Gasteiger partial charge in [0.2, 0.25) is 0 Å². The summed E-state index contributed by atoms with van der Waals surface area (Å²) in [6.07, 6.45) is 0. The number of carbonyl (C=O) groups excluding carboxylic acids is 2. The van der Waals surface area contributed by atoms with Crippen LogP contribution in [0.25, 0.3) is 0 Å². The SMILES string of the molecule is Cc1ccc(C(C)C)c(OCC(=O)OCC(=O)Nc2ccc(C(C)C)cc2)c1. The van der Waals surface area contributed by atoms with Gasteiger partial charge in [0.15, 0.2) is 13.2 Å². The van der Waals surface area contributed by atoms with Crippen LogP contribution in [-0.2, 0) is 14.3 Å². The van der Waals surface area contributed by atoms with Crippen LogP contribution in [0.1, 0.15) is 56.2 Å². The van der Waals surface area contributed by atoms with E-state index in [1.165, 1.54) is 5.56 Å². The molecule has 1 N–H and O–H groups in total. The van der Waals surface area contributed by atoms with Crippen LogP contribution >= 0.6 is 0 Å². The van der Waals surface area contributed by atoms with Gasteiger partial charge in [0, 0.05) is 5.69 Å². The molecular weight excluding hydrogens is 354 g/mol. The van der Waals surface area contributed by atoms with Gasteiger partial charge >= 0.3 is 5.97 Å². The van der Waals surface area contributed by atoms with E-state index >= 15 is 0 Å². The Labute approximate surface area is 167 Å². The molecule has 2 aromatic carbocycles. The maximum absolute atomic E-state index is 12.0. The minimum Gasteiger partial charge on any atom is -0.482 e. The van der Waals surface area contributed by atoms with Crippen molar-refractivity contribution in [1.29, 1.82) is 0 Å². The fourth-order valence-corrected chi connectivity index (χ4v) is 2.72. The molecule has 0 atom stereocenters. The van der Waals surface area contributed by atoms with E-state index in [4.69, 9.17) is 9.47 Å². The Morgan fingerprint density at radius 3 is 2.21 bits per heavy atom. The van der Waals surface area contributed by atoms with Gasteiger partial charge in [-0.05, 0) is 53.6 Å². The van der Waals surface area contributed by atoms with Crippen molar-refractivity contribution in [3.8, 4) is 5.75 Å². The number of rotatable bonds is 8. The molecule has 0 radical (unpaired) electrons. The summed E-state index contributed by atoms with van der Waals surface area (Å²) < 4.78 is 10.6. The highest BCUT2D eigenvalue weighted by atomic mass is 16.6. The van der Waals surface area contributed by atoms with Crippen LogP contribution in [0.3, 0.4) is 0 Å². The fraction of sp³-hybridized carbons (Fsp3) is 0.391. The highest BCUT2D eigenvalue weighted by molar-refractivity contribution is 5.92. The van der Waals surface area contributed by atoms with Gasteiger partial charge in [0.1, 0.15) is 5.75 Å². The molecule has 150 valence electrons. The Balaban J connectivity index is 1.81. The molecule has 0 aromatic heterocycles. The summed E-state index contributed by atoms with van der Waals surface area (Å²) in [4.78, 5) is 23.9. The van der Waals surface area contributed by atoms with Gasteiger partial charge in [0.25, 0.3) is 5.91 Å². The van der Waals surface area contributed by atoms with E-state index in [1.807, 2.05) is 49.4 Å². The average Bonchev–Trinajstić information content (AvgIpc) is 2.65. The Kier molecular flexibility index (Phi) is 7.61. The van der Waals surface area contributed by atoms with Crippen LogP contribution in [0.4, 0.5) is 5.69 Å². The summed E-state index contributed by atoms with van der Waals surface area (Å²) in [6, 6.07) is 13.5. The van der Waals surface area contributed by atoms with E-state index in [1.54, 1.807) is 0 Å². The molecule has 2 rings (SSSR count). The van der Waals surface area contributed by atoms with Gasteiger partial charge in [-0.1, -0.05) is 52.0 Å². The summed E-state index contributed by atoms with van der Waals surface area (Å²) in [5.74, 6) is 0.405. The first-order chi connectivity index (χ1) is 13.3. The lowest BCUT2D eigenvalue weighted by Crippen LogP contribution is -2.23. The summed E-state index contributed by atoms with van der Waals surface area (Å²) in [6.45, 7) is 9.72. The van der Waals surface area contributed by atoms with Crippen LogP contribution in [0, 0.1) is 6.92 Å². The second kappa shape index (κ2) is 9.93. The third-order valence-electron chi connectivity index (χ3n) is 4.36. The zero-order valence-electron chi connectivity index (χ0n) is 17.2. The minimum absolute atomic E-state index is 0.237. The molecule has 1 amide bonds. The van der Waals surface area contributed by atoms with E-state index in [2.05, 4.69) is 33.0 Å². The van der Waals surface area contributed by atoms with E-state index in [9.17, 15) is 9.59 Å². The Morgan fingerprint density at radius 2 is 1.61 bits per heavy atom. The van der Waals surface area contributed by atoms with E-state index < -0.39 is 5.97 Å². The molecule has 0 saturated heterocycles. The smallest absolute Gasteiger partial charge is 0.344 e. The zero-order valence-corrected chi connectivity index (χ0v) is 17.2. The van der Waals surface area contributed by atoms with E-state index in [0.717, 1.165) is 11.1 Å². The molecule has 0 bridgehead atoms. The lowest BCUT2D eigenvalue weighted by atomic mass is 10.0. The van der Waals surface area contributed by atoms with Gasteiger partial charge < -0.3 is 14.8 Å². The summed E-state index contributed by atoms with van der Waals surface area (Å²) in [5.41, 5.74) is 3.94. The summed E-state index contributed by atoms with van der Waals surface area (Å²) in [5, 5.41) is 2.71. The molecule has 0 unspecified atom stereocenters. The van der Waals surface area contributed by atoms with Crippen LogP contribution in [0.2, 0.25) is 0 Å².